The number of aliphatic hydroxyl groups excluding tert-OH is 5. The van der Waals surface area contributed by atoms with Gasteiger partial charge in [0.15, 0.2) is 12.4 Å². The molecule has 0 aromatic heterocycles. The van der Waals surface area contributed by atoms with Gasteiger partial charge in [-0.3, -0.25) is 9.59 Å². The third-order valence-electron chi connectivity index (χ3n) is 15.0. The molecule has 0 bridgehead atoms. The maximum Gasteiger partial charge on any atom is 0.306 e. The molecule has 0 aliphatic carbocycles. The van der Waals surface area contributed by atoms with Crippen LogP contribution >= 0.6 is 0 Å². The lowest BCUT2D eigenvalue weighted by Crippen LogP contribution is -2.61. The predicted octanol–water partition coefficient (Wildman–Crippen LogP) is 15.6. The van der Waals surface area contributed by atoms with Crippen LogP contribution in [0.4, 0.5) is 0 Å². The second kappa shape index (κ2) is 54.7. The normalized spacial score (nSPS) is 19.4. The number of aliphatic hydroxyl groups is 5. The molecule has 1 saturated heterocycles. The lowest BCUT2D eigenvalue weighted by molar-refractivity contribution is -0.305. The Morgan fingerprint density at radius 2 is 0.923 bits per heavy atom. The Kier molecular flexibility index (Phi) is 51.3. The van der Waals surface area contributed by atoms with Gasteiger partial charge in [0.2, 0.25) is 5.91 Å². The zero-order chi connectivity index (χ0) is 56.8. The van der Waals surface area contributed by atoms with E-state index >= 15 is 0 Å². The van der Waals surface area contributed by atoms with Gasteiger partial charge in [-0.1, -0.05) is 306 Å². The highest BCUT2D eigenvalue weighted by Gasteiger charge is 2.47. The van der Waals surface area contributed by atoms with E-state index < -0.39 is 67.4 Å². The van der Waals surface area contributed by atoms with Crippen molar-refractivity contribution in [1.82, 2.24) is 5.32 Å². The Hall–Kier alpha value is -2.90. The van der Waals surface area contributed by atoms with Crippen LogP contribution in [-0.4, -0.2) is 99.6 Å². The molecule has 1 rings (SSSR count). The van der Waals surface area contributed by atoms with Crippen molar-refractivity contribution in [2.24, 2.45) is 0 Å². The Labute approximate surface area is 477 Å². The highest BCUT2D eigenvalue weighted by molar-refractivity contribution is 5.80. The minimum atomic E-state index is -1.63. The molecular weight excluding hydrogens is 979 g/mol. The molecule has 0 aromatic carbocycles. The Morgan fingerprint density at radius 3 is 1.36 bits per heavy atom. The van der Waals surface area contributed by atoms with Crippen LogP contribution in [0.5, 0.6) is 0 Å². The highest BCUT2D eigenvalue weighted by Crippen LogP contribution is 2.26. The van der Waals surface area contributed by atoms with Crippen molar-refractivity contribution in [3.05, 3.63) is 72.9 Å². The van der Waals surface area contributed by atoms with Crippen LogP contribution < -0.4 is 5.32 Å². The number of hydrogen-bond acceptors (Lipinski definition) is 10. The first-order chi connectivity index (χ1) is 38.2. The van der Waals surface area contributed by atoms with E-state index in [4.69, 9.17) is 14.2 Å². The number of amides is 1. The lowest BCUT2D eigenvalue weighted by Gasteiger charge is -2.41. The van der Waals surface area contributed by atoms with Gasteiger partial charge < -0.3 is 45.1 Å². The maximum absolute atomic E-state index is 13.3. The van der Waals surface area contributed by atoms with E-state index in [1.807, 2.05) is 60.8 Å². The van der Waals surface area contributed by atoms with Crippen LogP contribution in [0.15, 0.2) is 72.9 Å². The smallest absolute Gasteiger partial charge is 0.306 e. The number of carbonyl (C=O) groups is 2. The number of carbonyl (C=O) groups excluding carboxylic acids is 2. The van der Waals surface area contributed by atoms with Crippen LogP contribution in [0.3, 0.4) is 0 Å². The highest BCUT2D eigenvalue weighted by atomic mass is 16.7. The van der Waals surface area contributed by atoms with Crippen molar-refractivity contribution in [1.29, 1.82) is 0 Å². The molecule has 8 atom stereocenters. The zero-order valence-corrected chi connectivity index (χ0v) is 50.0. The van der Waals surface area contributed by atoms with Gasteiger partial charge in [-0.25, -0.2) is 0 Å². The van der Waals surface area contributed by atoms with Crippen molar-refractivity contribution in [2.75, 3.05) is 13.2 Å². The average molecular weight is 1100 g/mol. The number of hydrogen-bond donors (Lipinski definition) is 6. The summed E-state index contributed by atoms with van der Waals surface area (Å²) in [5, 5.41) is 56.8. The van der Waals surface area contributed by atoms with Crippen molar-refractivity contribution < 1.29 is 49.3 Å². The summed E-state index contributed by atoms with van der Waals surface area (Å²) in [4.78, 5) is 26.5. The molecule has 1 aliphatic rings. The van der Waals surface area contributed by atoms with E-state index in [1.54, 1.807) is 6.08 Å². The van der Waals surface area contributed by atoms with Gasteiger partial charge in [0.1, 0.15) is 24.4 Å². The molecular formula is C67H119NO10. The number of rotatable bonds is 54. The second-order valence-corrected chi connectivity index (χ2v) is 22.2. The fourth-order valence-corrected chi connectivity index (χ4v) is 9.92. The monoisotopic (exact) mass is 1100 g/mol. The van der Waals surface area contributed by atoms with Crippen molar-refractivity contribution in [2.45, 2.75) is 327 Å². The first-order valence-corrected chi connectivity index (χ1v) is 32.3. The quantitative estimate of drug-likeness (QED) is 0.0149. The molecule has 8 unspecified atom stereocenters. The SMILES string of the molecule is CC/C=C/C=C/C=C\C=C/C=C/CCC(O)C(=O)NC(COC1OC(CO)C(O)C(O)C1OC(=O)CCCCCCCCCCCCCCCCCCCCCCCCCCC)C(O)/C=C/CCCCCCCCCCCC. The minimum Gasteiger partial charge on any atom is -0.454 e. The molecule has 452 valence electrons. The standard InChI is InChI=1S/C67H119NO10/c1-4-7-10-13-16-19-22-25-26-27-28-29-30-31-32-33-34-35-36-37-40-43-46-49-52-55-62(72)78-65-64(74)63(73)61(56-69)77-67(65)76-57-58(59(70)53-50-47-44-41-38-23-20-17-14-11-8-5-2)68-66(75)60(71)54-51-48-45-42-39-24-21-18-15-12-9-6-3/h9,12,15,18,21,24,39,42,45,48,50,53,58-61,63-65,67,69-71,73-74H,4-8,10-11,13-14,16-17,19-20,22-23,25-38,40-41,43-44,46-47,49,51-52,54-57H2,1-3H3,(H,68,75)/b12-9+,18-15+,24-21-,42-39-,48-45+,53-50+. The van der Waals surface area contributed by atoms with Crippen molar-refractivity contribution in [3.8, 4) is 0 Å². The van der Waals surface area contributed by atoms with Gasteiger partial charge in [-0.15, -0.1) is 0 Å². The van der Waals surface area contributed by atoms with Crippen LogP contribution in [0.1, 0.15) is 278 Å². The fourth-order valence-electron chi connectivity index (χ4n) is 9.92. The molecule has 0 saturated carbocycles. The number of unbranched alkanes of at least 4 members (excludes halogenated alkanes) is 34. The van der Waals surface area contributed by atoms with Gasteiger partial charge >= 0.3 is 5.97 Å². The summed E-state index contributed by atoms with van der Waals surface area (Å²) in [6.45, 7) is 5.61. The van der Waals surface area contributed by atoms with Gasteiger partial charge in [0.25, 0.3) is 0 Å². The van der Waals surface area contributed by atoms with Gasteiger partial charge in [0.05, 0.1) is 25.4 Å². The molecule has 6 N–H and O–H groups in total. The second-order valence-electron chi connectivity index (χ2n) is 22.2. The van der Waals surface area contributed by atoms with Crippen molar-refractivity contribution >= 4 is 11.9 Å². The van der Waals surface area contributed by atoms with E-state index in [1.165, 1.54) is 180 Å². The van der Waals surface area contributed by atoms with E-state index in [2.05, 4.69) is 32.2 Å². The summed E-state index contributed by atoms with van der Waals surface area (Å²) in [6.07, 6.45) is 59.8. The van der Waals surface area contributed by atoms with Crippen LogP contribution in [0.2, 0.25) is 0 Å². The summed E-state index contributed by atoms with van der Waals surface area (Å²) < 4.78 is 17.6. The maximum atomic E-state index is 13.3. The molecule has 0 radical (unpaired) electrons. The van der Waals surface area contributed by atoms with Crippen LogP contribution in [0.25, 0.3) is 0 Å². The fraction of sp³-hybridized carbons (Fsp3) is 0.791. The van der Waals surface area contributed by atoms with Gasteiger partial charge in [0, 0.05) is 6.42 Å². The predicted molar refractivity (Wildman–Crippen MR) is 324 cm³/mol. The zero-order valence-electron chi connectivity index (χ0n) is 50.0. The third kappa shape index (κ3) is 42.0. The van der Waals surface area contributed by atoms with E-state index in [0.717, 1.165) is 51.4 Å². The Morgan fingerprint density at radius 1 is 0.513 bits per heavy atom. The molecule has 78 heavy (non-hydrogen) atoms. The summed E-state index contributed by atoms with van der Waals surface area (Å²) in [5.74, 6) is -1.27. The molecule has 1 heterocycles. The van der Waals surface area contributed by atoms with Crippen LogP contribution in [-0.2, 0) is 23.8 Å². The Bertz CT molecular complexity index is 1540. The average Bonchev–Trinajstić information content (AvgIpc) is 3.45. The van der Waals surface area contributed by atoms with E-state index in [-0.39, 0.29) is 19.4 Å². The number of nitrogens with one attached hydrogen (secondary N) is 1. The molecule has 1 fully saturated rings. The first-order valence-electron chi connectivity index (χ1n) is 32.3. The molecule has 11 heteroatoms. The molecule has 0 aromatic rings. The topological polar surface area (TPSA) is 175 Å². The summed E-state index contributed by atoms with van der Waals surface area (Å²) in [5.41, 5.74) is 0. The number of esters is 1. The third-order valence-corrected chi connectivity index (χ3v) is 15.0. The molecule has 11 nitrogen and oxygen atoms in total. The first kappa shape index (κ1) is 73.1. The minimum absolute atomic E-state index is 0.116. The molecule has 0 spiro atoms. The largest absolute Gasteiger partial charge is 0.454 e. The van der Waals surface area contributed by atoms with Crippen LogP contribution in [0, 0.1) is 0 Å². The molecule has 1 aliphatic heterocycles. The Balaban J connectivity index is 2.59. The summed E-state index contributed by atoms with van der Waals surface area (Å²) in [6, 6.07) is -1.06. The summed E-state index contributed by atoms with van der Waals surface area (Å²) >= 11 is 0. The number of allylic oxidation sites excluding steroid dienone is 11. The van der Waals surface area contributed by atoms with Gasteiger partial charge in [-0.05, 0) is 38.5 Å². The van der Waals surface area contributed by atoms with E-state index in [0.29, 0.717) is 12.8 Å². The summed E-state index contributed by atoms with van der Waals surface area (Å²) in [7, 11) is 0. The van der Waals surface area contributed by atoms with E-state index in [9.17, 15) is 35.1 Å². The molecule has 1 amide bonds. The number of ether oxygens (including phenoxy) is 3. The van der Waals surface area contributed by atoms with Crippen molar-refractivity contribution in [3.63, 3.8) is 0 Å². The van der Waals surface area contributed by atoms with Gasteiger partial charge in [-0.2, -0.15) is 0 Å². The lowest BCUT2D eigenvalue weighted by atomic mass is 9.99.